The molecule has 22 heavy (non-hydrogen) atoms. The molecule has 5 nitrogen and oxygen atoms in total. The summed E-state index contributed by atoms with van der Waals surface area (Å²) in [6.45, 7) is 3.78. The number of nitriles is 1. The van der Waals surface area contributed by atoms with E-state index in [1.165, 1.54) is 6.07 Å². The lowest BCUT2D eigenvalue weighted by atomic mass is 9.97. The van der Waals surface area contributed by atoms with Crippen molar-refractivity contribution in [3.8, 4) is 6.07 Å². The predicted octanol–water partition coefficient (Wildman–Crippen LogP) is 2.50. The molecule has 116 valence electrons. The average molecular weight is 300 g/mol. The lowest BCUT2D eigenvalue weighted by Gasteiger charge is -2.38. The highest BCUT2D eigenvalue weighted by molar-refractivity contribution is 5.91. The van der Waals surface area contributed by atoms with Gasteiger partial charge in [0, 0.05) is 12.1 Å². The number of rotatable bonds is 3. The lowest BCUT2D eigenvalue weighted by Crippen LogP contribution is -2.49. The van der Waals surface area contributed by atoms with Gasteiger partial charge in [0.05, 0.1) is 17.2 Å². The second kappa shape index (κ2) is 7.08. The van der Waals surface area contributed by atoms with E-state index in [2.05, 4.69) is 0 Å². The number of ether oxygens (including phenoxy) is 1. The Balaban J connectivity index is 1.95. The van der Waals surface area contributed by atoms with Crippen LogP contribution in [-0.2, 0) is 9.53 Å². The largest absolute Gasteiger partial charge is 0.452 e. The Kier molecular flexibility index (Phi) is 5.16. The number of benzene rings is 1. The molecule has 1 amide bonds. The summed E-state index contributed by atoms with van der Waals surface area (Å²) in [5.41, 5.74) is 0.672. The first kappa shape index (κ1) is 16.0. The summed E-state index contributed by atoms with van der Waals surface area (Å²) in [5, 5.41) is 8.83. The standard InChI is InChI=1S/C17H20N2O3/c1-12-5-3-6-13(2)19(12)16(20)11-22-17(21)15-8-4-7-14(9-15)10-18/h4,7-9,12-13H,3,5-6,11H2,1-2H3. The van der Waals surface area contributed by atoms with Crippen molar-refractivity contribution >= 4 is 11.9 Å². The molecule has 1 aliphatic rings. The Hall–Kier alpha value is -2.35. The quantitative estimate of drug-likeness (QED) is 0.804. The Labute approximate surface area is 130 Å². The van der Waals surface area contributed by atoms with Crippen LogP contribution in [0.2, 0.25) is 0 Å². The third-order valence-corrected chi connectivity index (χ3v) is 4.04. The van der Waals surface area contributed by atoms with Crippen molar-refractivity contribution in [1.29, 1.82) is 5.26 Å². The van der Waals surface area contributed by atoms with E-state index in [4.69, 9.17) is 10.00 Å². The van der Waals surface area contributed by atoms with E-state index < -0.39 is 5.97 Å². The van der Waals surface area contributed by atoms with E-state index >= 15 is 0 Å². The Morgan fingerprint density at radius 1 is 1.32 bits per heavy atom. The van der Waals surface area contributed by atoms with Crippen LogP contribution in [0.25, 0.3) is 0 Å². The fourth-order valence-corrected chi connectivity index (χ4v) is 2.91. The van der Waals surface area contributed by atoms with Crippen LogP contribution < -0.4 is 0 Å². The molecule has 0 bridgehead atoms. The molecule has 0 radical (unpaired) electrons. The van der Waals surface area contributed by atoms with Crippen LogP contribution in [0.3, 0.4) is 0 Å². The minimum Gasteiger partial charge on any atom is -0.452 e. The third-order valence-electron chi connectivity index (χ3n) is 4.04. The van der Waals surface area contributed by atoms with Gasteiger partial charge in [-0.15, -0.1) is 0 Å². The van der Waals surface area contributed by atoms with Gasteiger partial charge in [0.1, 0.15) is 0 Å². The SMILES string of the molecule is CC1CCCC(C)N1C(=O)COC(=O)c1cccc(C#N)c1. The molecule has 1 aromatic rings. The highest BCUT2D eigenvalue weighted by atomic mass is 16.5. The van der Waals surface area contributed by atoms with Gasteiger partial charge in [-0.25, -0.2) is 4.79 Å². The van der Waals surface area contributed by atoms with Crippen molar-refractivity contribution in [1.82, 2.24) is 4.90 Å². The van der Waals surface area contributed by atoms with Gasteiger partial charge in [0.2, 0.25) is 0 Å². The highest BCUT2D eigenvalue weighted by Gasteiger charge is 2.29. The van der Waals surface area contributed by atoms with E-state index in [0.717, 1.165) is 19.3 Å². The van der Waals surface area contributed by atoms with Gasteiger partial charge in [0.25, 0.3) is 5.91 Å². The molecule has 1 aliphatic heterocycles. The summed E-state index contributed by atoms with van der Waals surface area (Å²) >= 11 is 0. The van der Waals surface area contributed by atoms with Gasteiger partial charge >= 0.3 is 5.97 Å². The topological polar surface area (TPSA) is 70.4 Å². The van der Waals surface area contributed by atoms with E-state index in [0.29, 0.717) is 5.56 Å². The van der Waals surface area contributed by atoms with Crippen LogP contribution in [0.5, 0.6) is 0 Å². The fourth-order valence-electron chi connectivity index (χ4n) is 2.91. The van der Waals surface area contributed by atoms with Crippen molar-refractivity contribution in [3.05, 3.63) is 35.4 Å². The second-order valence-electron chi connectivity index (χ2n) is 5.70. The van der Waals surface area contributed by atoms with Crippen LogP contribution in [0.4, 0.5) is 0 Å². The summed E-state index contributed by atoms with van der Waals surface area (Å²) in [6, 6.07) is 8.58. The molecule has 0 N–H and O–H groups in total. The van der Waals surface area contributed by atoms with Gasteiger partial charge in [-0.05, 0) is 51.3 Å². The van der Waals surface area contributed by atoms with Gasteiger partial charge in [0.15, 0.2) is 6.61 Å². The number of likely N-dealkylation sites (tertiary alicyclic amines) is 1. The molecule has 0 spiro atoms. The number of carbonyl (C=O) groups excluding carboxylic acids is 2. The number of piperidine rings is 1. The second-order valence-corrected chi connectivity index (χ2v) is 5.70. The summed E-state index contributed by atoms with van der Waals surface area (Å²) < 4.78 is 5.10. The molecule has 1 heterocycles. The van der Waals surface area contributed by atoms with Crippen LogP contribution >= 0.6 is 0 Å². The molecule has 1 fully saturated rings. The maximum atomic E-state index is 12.3. The fraction of sp³-hybridized carbons (Fsp3) is 0.471. The Bertz CT molecular complexity index is 596. The Morgan fingerprint density at radius 3 is 2.64 bits per heavy atom. The summed E-state index contributed by atoms with van der Waals surface area (Å²) in [7, 11) is 0. The van der Waals surface area contributed by atoms with Crippen molar-refractivity contribution in [3.63, 3.8) is 0 Å². The Morgan fingerprint density at radius 2 is 2.00 bits per heavy atom. The number of carbonyl (C=O) groups is 2. The van der Waals surface area contributed by atoms with Gasteiger partial charge in [-0.3, -0.25) is 4.79 Å². The molecule has 0 aromatic heterocycles. The summed E-state index contributed by atoms with van der Waals surface area (Å²) in [5.74, 6) is -0.743. The molecule has 1 saturated heterocycles. The highest BCUT2D eigenvalue weighted by Crippen LogP contribution is 2.22. The van der Waals surface area contributed by atoms with Crippen molar-refractivity contribution in [2.45, 2.75) is 45.2 Å². The number of hydrogen-bond donors (Lipinski definition) is 0. The summed E-state index contributed by atoms with van der Waals surface area (Å²) in [4.78, 5) is 26.0. The van der Waals surface area contributed by atoms with Crippen molar-refractivity contribution in [2.24, 2.45) is 0 Å². The normalized spacial score (nSPS) is 21.0. The van der Waals surface area contributed by atoms with E-state index in [-0.39, 0.29) is 30.2 Å². The number of amides is 1. The van der Waals surface area contributed by atoms with Gasteiger partial charge in [-0.1, -0.05) is 6.07 Å². The smallest absolute Gasteiger partial charge is 0.338 e. The average Bonchev–Trinajstić information content (AvgIpc) is 2.52. The zero-order chi connectivity index (χ0) is 16.1. The molecule has 2 rings (SSSR count). The molecule has 0 saturated carbocycles. The molecule has 2 unspecified atom stereocenters. The molecule has 2 atom stereocenters. The van der Waals surface area contributed by atoms with Crippen molar-refractivity contribution in [2.75, 3.05) is 6.61 Å². The van der Waals surface area contributed by atoms with Crippen LogP contribution in [-0.4, -0.2) is 35.5 Å². The monoisotopic (exact) mass is 300 g/mol. The third kappa shape index (κ3) is 3.64. The molecular weight excluding hydrogens is 280 g/mol. The summed E-state index contributed by atoms with van der Waals surface area (Å²) in [6.07, 6.45) is 3.08. The maximum absolute atomic E-state index is 12.3. The molecule has 1 aromatic carbocycles. The minimum atomic E-state index is -0.581. The number of nitrogens with zero attached hydrogens (tertiary/aromatic N) is 2. The predicted molar refractivity (Wildman–Crippen MR) is 81.1 cm³/mol. The zero-order valence-corrected chi connectivity index (χ0v) is 12.9. The first-order valence-corrected chi connectivity index (χ1v) is 7.51. The number of hydrogen-bond acceptors (Lipinski definition) is 4. The van der Waals surface area contributed by atoms with Crippen LogP contribution in [0.1, 0.15) is 49.0 Å². The molecular formula is C17H20N2O3. The molecule has 5 heteroatoms. The van der Waals surface area contributed by atoms with E-state index in [9.17, 15) is 9.59 Å². The first-order chi connectivity index (χ1) is 10.5. The maximum Gasteiger partial charge on any atom is 0.338 e. The first-order valence-electron chi connectivity index (χ1n) is 7.51. The van der Waals surface area contributed by atoms with Gasteiger partial charge < -0.3 is 9.64 Å². The molecule has 0 aliphatic carbocycles. The zero-order valence-electron chi connectivity index (χ0n) is 12.9. The number of esters is 1. The lowest BCUT2D eigenvalue weighted by molar-refractivity contribution is -0.140. The van der Waals surface area contributed by atoms with E-state index in [1.807, 2.05) is 24.8 Å². The van der Waals surface area contributed by atoms with E-state index in [1.54, 1.807) is 18.2 Å². The minimum absolute atomic E-state index is 0.163. The van der Waals surface area contributed by atoms with Gasteiger partial charge in [-0.2, -0.15) is 5.26 Å². The van der Waals surface area contributed by atoms with Crippen LogP contribution in [0, 0.1) is 11.3 Å². The van der Waals surface area contributed by atoms with Crippen molar-refractivity contribution < 1.29 is 14.3 Å². The van der Waals surface area contributed by atoms with Crippen LogP contribution in [0.15, 0.2) is 24.3 Å².